The molecule has 0 aliphatic rings. The Balaban J connectivity index is 2.83. The number of aliphatic hydroxyl groups is 1. The van der Waals surface area contributed by atoms with E-state index in [0.29, 0.717) is 12.1 Å². The molecule has 0 aliphatic heterocycles. The van der Waals surface area contributed by atoms with Crippen molar-refractivity contribution >= 4 is 11.7 Å². The average Bonchev–Trinajstić information content (AvgIpc) is 2.50. The van der Waals surface area contributed by atoms with Gasteiger partial charge in [0.15, 0.2) is 5.84 Å². The van der Waals surface area contributed by atoms with E-state index in [1.807, 2.05) is 6.92 Å². The number of carbonyl (C=O) groups is 1. The van der Waals surface area contributed by atoms with Crippen molar-refractivity contribution in [1.82, 2.24) is 9.88 Å². The van der Waals surface area contributed by atoms with E-state index in [9.17, 15) is 4.79 Å². The van der Waals surface area contributed by atoms with Crippen molar-refractivity contribution in [3.8, 4) is 0 Å². The lowest BCUT2D eigenvalue weighted by Gasteiger charge is -2.21. The highest BCUT2D eigenvalue weighted by Crippen LogP contribution is 2.06. The molecule has 0 unspecified atom stereocenters. The molecule has 1 rings (SSSR count). The second-order valence-corrected chi connectivity index (χ2v) is 4.29. The van der Waals surface area contributed by atoms with Crippen LogP contribution < -0.4 is 5.73 Å². The lowest BCUT2D eigenvalue weighted by molar-refractivity contribution is 0.0713. The van der Waals surface area contributed by atoms with Crippen LogP contribution in [0.3, 0.4) is 0 Å². The number of carbonyl (C=O) groups excluding carboxylic acids is 1. The Morgan fingerprint density at radius 2 is 2.20 bits per heavy atom. The summed E-state index contributed by atoms with van der Waals surface area (Å²) in [5.74, 6) is -0.298. The number of nitrogens with two attached hydrogens (primary N) is 1. The quantitative estimate of drug-likeness (QED) is 0.290. The molecule has 1 aromatic rings. The topological polar surface area (TPSA) is 112 Å². The van der Waals surface area contributed by atoms with Crippen LogP contribution in [0.2, 0.25) is 0 Å². The minimum atomic E-state index is -0.237. The summed E-state index contributed by atoms with van der Waals surface area (Å²) < 4.78 is 0. The first-order chi connectivity index (χ1) is 9.63. The zero-order valence-electron chi connectivity index (χ0n) is 11.5. The second-order valence-electron chi connectivity index (χ2n) is 4.29. The van der Waals surface area contributed by atoms with Crippen molar-refractivity contribution in [3.05, 3.63) is 29.6 Å². The number of hydrogen-bond acceptors (Lipinski definition) is 5. The molecule has 110 valence electrons. The van der Waals surface area contributed by atoms with Crippen molar-refractivity contribution in [2.24, 2.45) is 10.9 Å². The van der Waals surface area contributed by atoms with E-state index in [1.165, 1.54) is 12.3 Å². The van der Waals surface area contributed by atoms with Gasteiger partial charge in [-0.05, 0) is 18.6 Å². The average molecular weight is 280 g/mol. The van der Waals surface area contributed by atoms with Gasteiger partial charge in [0.1, 0.15) is 5.69 Å². The lowest BCUT2D eigenvalue weighted by Crippen LogP contribution is -2.35. The summed E-state index contributed by atoms with van der Waals surface area (Å²) >= 11 is 0. The molecule has 1 aromatic heterocycles. The summed E-state index contributed by atoms with van der Waals surface area (Å²) in [4.78, 5) is 17.8. The van der Waals surface area contributed by atoms with E-state index in [2.05, 4.69) is 10.1 Å². The monoisotopic (exact) mass is 280 g/mol. The largest absolute Gasteiger partial charge is 0.409 e. The molecule has 0 fully saturated rings. The smallest absolute Gasteiger partial charge is 0.272 e. The first kappa shape index (κ1) is 15.9. The normalized spacial score (nSPS) is 11.4. The molecular weight excluding hydrogens is 260 g/mol. The van der Waals surface area contributed by atoms with Gasteiger partial charge in [0.25, 0.3) is 5.91 Å². The highest BCUT2D eigenvalue weighted by Gasteiger charge is 2.16. The van der Waals surface area contributed by atoms with Gasteiger partial charge in [-0.2, -0.15) is 0 Å². The predicted octanol–water partition coefficient (Wildman–Crippen LogP) is 0.411. The Labute approximate surface area is 117 Å². The van der Waals surface area contributed by atoms with Gasteiger partial charge >= 0.3 is 0 Å². The molecule has 20 heavy (non-hydrogen) atoms. The SMILES string of the molecule is CCCCN(CCO)C(=O)c1ccc(C(N)=NO)cn1. The standard InChI is InChI=1S/C13H20N4O3/c1-2-3-6-17(7-8-18)13(19)11-5-4-10(9-15-11)12(14)16-20/h4-5,9,18,20H,2-3,6-8H2,1H3,(H2,14,16). The number of nitrogens with zero attached hydrogens (tertiary/aromatic N) is 3. The van der Waals surface area contributed by atoms with Crippen LogP contribution in [0.5, 0.6) is 0 Å². The maximum atomic E-state index is 12.2. The maximum Gasteiger partial charge on any atom is 0.272 e. The van der Waals surface area contributed by atoms with Crippen molar-refractivity contribution in [1.29, 1.82) is 0 Å². The number of amidine groups is 1. The molecule has 0 aromatic carbocycles. The first-order valence-electron chi connectivity index (χ1n) is 6.48. The summed E-state index contributed by atoms with van der Waals surface area (Å²) in [6.45, 7) is 2.81. The van der Waals surface area contributed by atoms with E-state index in [-0.39, 0.29) is 30.6 Å². The first-order valence-corrected chi connectivity index (χ1v) is 6.48. The van der Waals surface area contributed by atoms with Crippen LogP contribution in [0.25, 0.3) is 0 Å². The third kappa shape index (κ3) is 4.20. The minimum Gasteiger partial charge on any atom is -0.409 e. The molecular formula is C13H20N4O3. The summed E-state index contributed by atoms with van der Waals surface area (Å²) in [7, 11) is 0. The van der Waals surface area contributed by atoms with Crippen LogP contribution in [0.4, 0.5) is 0 Å². The maximum absolute atomic E-state index is 12.2. The van der Waals surface area contributed by atoms with E-state index in [4.69, 9.17) is 16.0 Å². The third-order valence-corrected chi connectivity index (χ3v) is 2.82. The number of hydrogen-bond donors (Lipinski definition) is 3. The van der Waals surface area contributed by atoms with Gasteiger partial charge in [0, 0.05) is 24.8 Å². The van der Waals surface area contributed by atoms with E-state index >= 15 is 0 Å². The highest BCUT2D eigenvalue weighted by atomic mass is 16.4. The van der Waals surface area contributed by atoms with Gasteiger partial charge in [-0.25, -0.2) is 0 Å². The number of aliphatic hydroxyl groups excluding tert-OH is 1. The number of amides is 1. The van der Waals surface area contributed by atoms with Crippen LogP contribution in [-0.2, 0) is 0 Å². The molecule has 1 amide bonds. The van der Waals surface area contributed by atoms with Crippen LogP contribution in [0.15, 0.2) is 23.5 Å². The van der Waals surface area contributed by atoms with Crippen LogP contribution >= 0.6 is 0 Å². The molecule has 0 saturated carbocycles. The lowest BCUT2D eigenvalue weighted by atomic mass is 10.2. The van der Waals surface area contributed by atoms with Crippen molar-refractivity contribution in [2.75, 3.05) is 19.7 Å². The molecule has 0 atom stereocenters. The van der Waals surface area contributed by atoms with E-state index in [0.717, 1.165) is 12.8 Å². The molecule has 1 heterocycles. The number of aromatic nitrogens is 1. The third-order valence-electron chi connectivity index (χ3n) is 2.82. The zero-order valence-corrected chi connectivity index (χ0v) is 11.5. The fraction of sp³-hybridized carbons (Fsp3) is 0.462. The highest BCUT2D eigenvalue weighted by molar-refractivity contribution is 5.98. The molecule has 0 bridgehead atoms. The fourth-order valence-corrected chi connectivity index (χ4v) is 1.68. The van der Waals surface area contributed by atoms with Crippen LogP contribution in [0, 0.1) is 0 Å². The van der Waals surface area contributed by atoms with Gasteiger partial charge in [-0.1, -0.05) is 18.5 Å². The minimum absolute atomic E-state index is 0.0605. The molecule has 0 aliphatic carbocycles. The van der Waals surface area contributed by atoms with Crippen molar-refractivity contribution in [2.45, 2.75) is 19.8 Å². The Bertz CT molecular complexity index is 459. The number of pyridine rings is 1. The number of rotatable bonds is 7. The molecule has 0 radical (unpaired) electrons. The number of unbranched alkanes of at least 4 members (excludes halogenated alkanes) is 1. The predicted molar refractivity (Wildman–Crippen MR) is 74.6 cm³/mol. The number of oxime groups is 1. The molecule has 7 heteroatoms. The fourth-order valence-electron chi connectivity index (χ4n) is 1.68. The second kappa shape index (κ2) is 8.11. The summed E-state index contributed by atoms with van der Waals surface area (Å²) in [6, 6.07) is 3.08. The Kier molecular flexibility index (Phi) is 6.45. The Morgan fingerprint density at radius 1 is 1.45 bits per heavy atom. The van der Waals surface area contributed by atoms with Crippen molar-refractivity contribution < 1.29 is 15.1 Å². The van der Waals surface area contributed by atoms with Gasteiger partial charge in [-0.3, -0.25) is 9.78 Å². The Hall–Kier alpha value is -2.15. The summed E-state index contributed by atoms with van der Waals surface area (Å²) in [5, 5.41) is 20.4. The summed E-state index contributed by atoms with van der Waals surface area (Å²) in [5.41, 5.74) is 6.13. The van der Waals surface area contributed by atoms with E-state index in [1.54, 1.807) is 11.0 Å². The molecule has 0 spiro atoms. The van der Waals surface area contributed by atoms with Gasteiger partial charge in [0.05, 0.1) is 6.61 Å². The van der Waals surface area contributed by atoms with Crippen LogP contribution in [-0.4, -0.2) is 51.6 Å². The molecule has 0 saturated heterocycles. The van der Waals surface area contributed by atoms with Gasteiger partial charge in [-0.15, -0.1) is 0 Å². The van der Waals surface area contributed by atoms with Crippen molar-refractivity contribution in [3.63, 3.8) is 0 Å². The van der Waals surface area contributed by atoms with Gasteiger partial charge < -0.3 is 20.9 Å². The van der Waals surface area contributed by atoms with Gasteiger partial charge in [0.2, 0.25) is 0 Å². The van der Waals surface area contributed by atoms with Crippen LogP contribution in [0.1, 0.15) is 35.8 Å². The summed E-state index contributed by atoms with van der Waals surface area (Å²) in [6.07, 6.45) is 3.21. The zero-order chi connectivity index (χ0) is 15.0. The molecule has 4 N–H and O–H groups in total. The Morgan fingerprint density at radius 3 is 2.70 bits per heavy atom. The van der Waals surface area contributed by atoms with E-state index < -0.39 is 0 Å². The molecule has 7 nitrogen and oxygen atoms in total.